The molecule has 342 valence electrons. The van der Waals surface area contributed by atoms with Crippen LogP contribution >= 0.6 is 7.82 Å². The number of carbonyl (C=O) groups excluding carboxylic acids is 2. The van der Waals surface area contributed by atoms with E-state index in [-0.39, 0.29) is 12.8 Å². The Balaban J connectivity index is 2.51. The minimum absolute atomic E-state index is 0.0693. The van der Waals surface area contributed by atoms with Crippen LogP contribution in [-0.4, -0.2) is 98.3 Å². The number of hydrogen-bond donors (Lipinski definition) is 6. The molecule has 0 bridgehead atoms. The molecule has 0 radical (unpaired) electrons. The van der Waals surface area contributed by atoms with Gasteiger partial charge in [-0.3, -0.25) is 18.6 Å². The third-order valence-corrected chi connectivity index (χ3v) is 11.2. The first-order chi connectivity index (χ1) is 28.4. The van der Waals surface area contributed by atoms with Gasteiger partial charge in [0.15, 0.2) is 6.10 Å². The van der Waals surface area contributed by atoms with E-state index in [9.17, 15) is 44.6 Å². The Hall–Kier alpha value is -2.19. The lowest BCUT2D eigenvalue weighted by Gasteiger charge is -2.41. The molecule has 0 aromatic carbocycles. The minimum atomic E-state index is -5.13. The number of rotatable bonds is 36. The molecule has 0 amide bonds. The van der Waals surface area contributed by atoms with Crippen molar-refractivity contribution < 1.29 is 63.1 Å². The van der Waals surface area contributed by atoms with Crippen molar-refractivity contribution in [2.24, 2.45) is 0 Å². The van der Waals surface area contributed by atoms with E-state index in [1.165, 1.54) is 64.2 Å². The zero-order valence-corrected chi connectivity index (χ0v) is 36.9. The van der Waals surface area contributed by atoms with Crippen molar-refractivity contribution in [3.8, 4) is 0 Å². The van der Waals surface area contributed by atoms with E-state index in [0.717, 1.165) is 64.2 Å². The largest absolute Gasteiger partial charge is 0.472 e. The van der Waals surface area contributed by atoms with Gasteiger partial charge in [-0.25, -0.2) is 4.57 Å². The fourth-order valence-electron chi connectivity index (χ4n) is 6.55. The summed E-state index contributed by atoms with van der Waals surface area (Å²) in [6.07, 6.45) is 27.5. The number of allylic oxidation sites excluding steroid dienone is 8. The van der Waals surface area contributed by atoms with E-state index in [1.807, 2.05) is 6.08 Å². The number of phosphoric ester groups is 1. The molecule has 14 heteroatoms. The van der Waals surface area contributed by atoms with Crippen molar-refractivity contribution in [3.05, 3.63) is 48.6 Å². The third-order valence-electron chi connectivity index (χ3n) is 10.2. The SMILES string of the molecule is CC/C=C/C/C=C/C/C=C/CCCCCCCC(=O)O[C@H](COC(=O)CC/C=C/CCCCCCCCCCCCC)COP(=O)(O)OC1C(O)C(O)C(O)[C@@H](O)C1O. The zero-order valence-electron chi connectivity index (χ0n) is 36.0. The second-order valence-electron chi connectivity index (χ2n) is 15.5. The molecule has 1 fully saturated rings. The van der Waals surface area contributed by atoms with Crippen molar-refractivity contribution in [2.45, 2.75) is 211 Å². The van der Waals surface area contributed by atoms with Crippen LogP contribution < -0.4 is 0 Å². The number of ether oxygens (including phenoxy) is 2. The molecular weight excluding hydrogens is 779 g/mol. The van der Waals surface area contributed by atoms with E-state index in [2.05, 4.69) is 56.4 Å². The molecule has 6 N–H and O–H groups in total. The molecule has 0 aromatic heterocycles. The van der Waals surface area contributed by atoms with Crippen LogP contribution in [0.2, 0.25) is 0 Å². The number of esters is 2. The van der Waals surface area contributed by atoms with Gasteiger partial charge in [-0.05, 0) is 57.8 Å². The summed E-state index contributed by atoms with van der Waals surface area (Å²) >= 11 is 0. The number of aliphatic hydroxyl groups excluding tert-OH is 5. The van der Waals surface area contributed by atoms with Gasteiger partial charge in [0, 0.05) is 12.8 Å². The summed E-state index contributed by atoms with van der Waals surface area (Å²) in [6, 6.07) is 0. The maximum Gasteiger partial charge on any atom is 0.472 e. The van der Waals surface area contributed by atoms with E-state index >= 15 is 0 Å². The first kappa shape index (κ1) is 54.8. The van der Waals surface area contributed by atoms with E-state index in [4.69, 9.17) is 18.5 Å². The zero-order chi connectivity index (χ0) is 43.6. The van der Waals surface area contributed by atoms with Gasteiger partial charge in [0.05, 0.1) is 6.61 Å². The number of unbranched alkanes of at least 4 members (excludes halogenated alkanes) is 16. The van der Waals surface area contributed by atoms with Gasteiger partial charge < -0.3 is 39.9 Å². The number of carbonyl (C=O) groups is 2. The lowest BCUT2D eigenvalue weighted by atomic mass is 9.85. The van der Waals surface area contributed by atoms with Gasteiger partial charge >= 0.3 is 19.8 Å². The van der Waals surface area contributed by atoms with Crippen LogP contribution in [0.25, 0.3) is 0 Å². The highest BCUT2D eigenvalue weighted by Gasteiger charge is 2.51. The Morgan fingerprint density at radius 1 is 0.542 bits per heavy atom. The molecule has 0 saturated heterocycles. The fourth-order valence-corrected chi connectivity index (χ4v) is 7.53. The normalized spacial score (nSPS) is 22.8. The number of phosphoric acid groups is 1. The van der Waals surface area contributed by atoms with Gasteiger partial charge in [-0.1, -0.05) is 146 Å². The number of aliphatic hydroxyl groups is 5. The maximum absolute atomic E-state index is 12.8. The van der Waals surface area contributed by atoms with Crippen LogP contribution in [0.4, 0.5) is 0 Å². The third kappa shape index (κ3) is 28.1. The molecule has 0 spiro atoms. The monoisotopic (exact) mass is 859 g/mol. The van der Waals surface area contributed by atoms with E-state index in [0.29, 0.717) is 12.8 Å². The second kappa shape index (κ2) is 35.4. The summed E-state index contributed by atoms with van der Waals surface area (Å²) in [6.45, 7) is 3.13. The average Bonchev–Trinajstić information content (AvgIpc) is 3.21. The summed E-state index contributed by atoms with van der Waals surface area (Å²) in [4.78, 5) is 35.6. The molecular formula is C45H79O13P. The standard InChI is InChI=1S/C45H79O13P/c1-3-5-7-9-11-13-15-17-19-21-23-25-27-29-31-33-38(46)55-35-37(36-56-59(53,54)58-45-43(51)41(49)40(48)42(50)44(45)52)57-39(47)34-32-30-28-26-24-22-20-18-16-14-12-10-8-6-4-2/h6,8,12,14,18,20,27,29,37,40-45,48-52H,3-5,7,9-11,13,15-17,19,21-26,28,30-36H2,1-2H3,(H,53,54)/b8-6+,14-12+,20-18+,29-27+/t37-,40?,41-,42?,43?,44?,45?/m1/s1. The summed E-state index contributed by atoms with van der Waals surface area (Å²) in [5, 5.41) is 50.1. The fraction of sp³-hybridized carbons (Fsp3) is 0.778. The van der Waals surface area contributed by atoms with Crippen LogP contribution in [0.5, 0.6) is 0 Å². The van der Waals surface area contributed by atoms with Crippen molar-refractivity contribution >= 4 is 19.8 Å². The van der Waals surface area contributed by atoms with Gasteiger partial charge in [0.25, 0.3) is 0 Å². The van der Waals surface area contributed by atoms with Crippen molar-refractivity contribution in [1.29, 1.82) is 0 Å². The predicted octanol–water partition coefficient (Wildman–Crippen LogP) is 8.39. The molecule has 1 saturated carbocycles. The van der Waals surface area contributed by atoms with Gasteiger partial charge in [0.1, 0.15) is 43.2 Å². The molecule has 1 aliphatic carbocycles. The lowest BCUT2D eigenvalue weighted by molar-refractivity contribution is -0.220. The Bertz CT molecular complexity index is 1220. The van der Waals surface area contributed by atoms with Crippen molar-refractivity contribution in [2.75, 3.05) is 13.2 Å². The highest BCUT2D eigenvalue weighted by atomic mass is 31.2. The Kier molecular flexibility index (Phi) is 32.9. The van der Waals surface area contributed by atoms with Crippen LogP contribution in [0.1, 0.15) is 168 Å². The summed E-state index contributed by atoms with van der Waals surface area (Å²) in [5.41, 5.74) is 0. The predicted molar refractivity (Wildman–Crippen MR) is 230 cm³/mol. The number of hydrogen-bond acceptors (Lipinski definition) is 12. The lowest BCUT2D eigenvalue weighted by Crippen LogP contribution is -2.64. The van der Waals surface area contributed by atoms with Crippen LogP contribution in [0, 0.1) is 0 Å². The molecule has 13 nitrogen and oxygen atoms in total. The molecule has 8 atom stereocenters. The highest BCUT2D eigenvalue weighted by molar-refractivity contribution is 7.47. The molecule has 59 heavy (non-hydrogen) atoms. The molecule has 0 aliphatic heterocycles. The Morgan fingerprint density at radius 3 is 1.56 bits per heavy atom. The highest BCUT2D eigenvalue weighted by Crippen LogP contribution is 2.47. The molecule has 0 aromatic rings. The van der Waals surface area contributed by atoms with Crippen LogP contribution in [0.3, 0.4) is 0 Å². The average molecular weight is 859 g/mol. The van der Waals surface area contributed by atoms with E-state index in [1.54, 1.807) is 0 Å². The van der Waals surface area contributed by atoms with Crippen LogP contribution in [-0.2, 0) is 32.7 Å². The van der Waals surface area contributed by atoms with Crippen molar-refractivity contribution in [1.82, 2.24) is 0 Å². The quantitative estimate of drug-likeness (QED) is 0.0152. The first-order valence-electron chi connectivity index (χ1n) is 22.4. The van der Waals surface area contributed by atoms with E-state index < -0.39 is 75.7 Å². The van der Waals surface area contributed by atoms with Crippen molar-refractivity contribution in [3.63, 3.8) is 0 Å². The summed E-state index contributed by atoms with van der Waals surface area (Å²) < 4.78 is 33.4. The second-order valence-corrected chi connectivity index (χ2v) is 16.9. The molecule has 0 heterocycles. The van der Waals surface area contributed by atoms with Gasteiger partial charge in [-0.15, -0.1) is 0 Å². The molecule has 1 aliphatic rings. The smallest absolute Gasteiger partial charge is 0.462 e. The van der Waals surface area contributed by atoms with Gasteiger partial charge in [0.2, 0.25) is 0 Å². The Labute approximate surface area is 354 Å². The minimum Gasteiger partial charge on any atom is -0.462 e. The Morgan fingerprint density at radius 2 is 1.00 bits per heavy atom. The summed E-state index contributed by atoms with van der Waals surface area (Å²) in [7, 11) is -5.13. The maximum atomic E-state index is 12.8. The topological polar surface area (TPSA) is 210 Å². The first-order valence-corrected chi connectivity index (χ1v) is 23.9. The molecule has 6 unspecified atom stereocenters. The van der Waals surface area contributed by atoms with Gasteiger partial charge in [-0.2, -0.15) is 0 Å². The molecule has 1 rings (SSSR count). The van der Waals surface area contributed by atoms with Crippen LogP contribution in [0.15, 0.2) is 48.6 Å². The summed E-state index contributed by atoms with van der Waals surface area (Å²) in [5.74, 6) is -1.18.